The van der Waals surface area contributed by atoms with Crippen LogP contribution in [0, 0.1) is 0 Å². The van der Waals surface area contributed by atoms with Crippen LogP contribution in [-0.2, 0) is 13.6 Å². The van der Waals surface area contributed by atoms with Gasteiger partial charge in [-0.25, -0.2) is 4.98 Å². The molecule has 0 spiro atoms. The molecule has 6 nitrogen and oxygen atoms in total. The molecule has 1 fully saturated rings. The van der Waals surface area contributed by atoms with Crippen LogP contribution < -0.4 is 5.32 Å². The van der Waals surface area contributed by atoms with E-state index in [4.69, 9.17) is 0 Å². The molecule has 3 aromatic heterocycles. The van der Waals surface area contributed by atoms with Crippen LogP contribution in [0.2, 0.25) is 0 Å². The second kappa shape index (κ2) is 8.32. The lowest BCUT2D eigenvalue weighted by molar-refractivity contribution is 0.327. The van der Waals surface area contributed by atoms with Gasteiger partial charge >= 0.3 is 0 Å². The predicted molar refractivity (Wildman–Crippen MR) is 125 cm³/mol. The van der Waals surface area contributed by atoms with Gasteiger partial charge in [0.2, 0.25) is 0 Å². The zero-order valence-corrected chi connectivity index (χ0v) is 17.8. The highest BCUT2D eigenvalue weighted by Gasteiger charge is 2.13. The molecule has 1 saturated heterocycles. The van der Waals surface area contributed by atoms with Gasteiger partial charge in [0, 0.05) is 54.4 Å². The zero-order chi connectivity index (χ0) is 21.2. The van der Waals surface area contributed by atoms with E-state index in [1.165, 1.54) is 12.8 Å². The van der Waals surface area contributed by atoms with Gasteiger partial charge in [-0.15, -0.1) is 0 Å². The molecule has 0 bridgehead atoms. The summed E-state index contributed by atoms with van der Waals surface area (Å²) >= 11 is 0. The summed E-state index contributed by atoms with van der Waals surface area (Å²) in [6, 6.07) is 12.5. The fourth-order valence-electron chi connectivity index (χ4n) is 4.11. The number of anilines is 1. The monoisotopic (exact) mass is 410 g/mol. The summed E-state index contributed by atoms with van der Waals surface area (Å²) in [6.07, 6.45) is 10.2. The summed E-state index contributed by atoms with van der Waals surface area (Å²) < 4.78 is 1.82. The topological polar surface area (TPSA) is 58.9 Å². The minimum atomic E-state index is 0.777. The Morgan fingerprint density at radius 2 is 1.87 bits per heavy atom. The van der Waals surface area contributed by atoms with Crippen molar-refractivity contribution in [3.63, 3.8) is 0 Å². The molecule has 1 N–H and O–H groups in total. The first-order valence-corrected chi connectivity index (χ1v) is 10.7. The lowest BCUT2D eigenvalue weighted by Gasteiger charge is -2.15. The third-order valence-corrected chi connectivity index (χ3v) is 5.79. The lowest BCUT2D eigenvalue weighted by Crippen LogP contribution is -2.19. The smallest absolute Gasteiger partial charge is 0.130 e. The van der Waals surface area contributed by atoms with Crippen LogP contribution in [0.1, 0.15) is 24.1 Å². The summed E-state index contributed by atoms with van der Waals surface area (Å²) in [7, 11) is 1.93. The molecule has 0 amide bonds. The molecule has 156 valence electrons. The molecule has 0 aliphatic carbocycles. The molecule has 0 atom stereocenters. The van der Waals surface area contributed by atoms with Crippen molar-refractivity contribution in [3.05, 3.63) is 79.0 Å². The van der Waals surface area contributed by atoms with Crippen LogP contribution >= 0.6 is 0 Å². The molecule has 0 radical (unpaired) electrons. The largest absolute Gasteiger partial charge is 0.340 e. The average molecular weight is 411 g/mol. The first kappa shape index (κ1) is 19.5. The summed E-state index contributed by atoms with van der Waals surface area (Å²) in [5, 5.41) is 9.87. The molecule has 1 aromatic carbocycles. The Labute approximate surface area is 182 Å². The van der Waals surface area contributed by atoms with Crippen LogP contribution in [0.15, 0.2) is 67.8 Å². The van der Waals surface area contributed by atoms with Gasteiger partial charge in [-0.2, -0.15) is 5.10 Å². The van der Waals surface area contributed by atoms with Gasteiger partial charge in [0.05, 0.1) is 11.9 Å². The molecule has 1 aliphatic rings. The van der Waals surface area contributed by atoms with Crippen LogP contribution in [-0.4, -0.2) is 37.7 Å². The van der Waals surface area contributed by atoms with E-state index in [0.29, 0.717) is 0 Å². The quantitative estimate of drug-likeness (QED) is 0.499. The van der Waals surface area contributed by atoms with Crippen LogP contribution in [0.5, 0.6) is 0 Å². The second-order valence-corrected chi connectivity index (χ2v) is 8.16. The highest BCUT2D eigenvalue weighted by molar-refractivity contribution is 5.89. The Balaban J connectivity index is 1.35. The average Bonchev–Trinajstić information content (AvgIpc) is 3.45. The summed E-state index contributed by atoms with van der Waals surface area (Å²) in [6.45, 7) is 7.45. The third-order valence-electron chi connectivity index (χ3n) is 5.79. The van der Waals surface area contributed by atoms with Gasteiger partial charge in [0.15, 0.2) is 0 Å². The maximum atomic E-state index is 4.57. The maximum Gasteiger partial charge on any atom is 0.130 e. The standard InChI is InChI=1S/C25H26N6/c1-18(19-7-8-26-24(12-19)17-31-9-3-4-10-31)29-25-13-22-11-20(5-6-21(22)14-27-25)23-15-28-30(2)16-23/h5-8,11-16H,1,3-4,9-10,17H2,2H3,(H,27,29). The zero-order valence-electron chi connectivity index (χ0n) is 17.8. The molecule has 0 saturated carbocycles. The summed E-state index contributed by atoms with van der Waals surface area (Å²) in [5.41, 5.74) is 5.17. The predicted octanol–water partition coefficient (Wildman–Crippen LogP) is 4.71. The van der Waals surface area contributed by atoms with Crippen molar-refractivity contribution in [2.45, 2.75) is 19.4 Å². The lowest BCUT2D eigenvalue weighted by atomic mass is 10.0. The first-order valence-electron chi connectivity index (χ1n) is 10.7. The molecular weight excluding hydrogens is 384 g/mol. The number of fused-ring (bicyclic) bond motifs is 1. The van der Waals surface area contributed by atoms with Crippen molar-refractivity contribution in [1.82, 2.24) is 24.6 Å². The van der Waals surface area contributed by atoms with Crippen molar-refractivity contribution in [1.29, 1.82) is 0 Å². The van der Waals surface area contributed by atoms with Gasteiger partial charge in [0.25, 0.3) is 0 Å². The summed E-state index contributed by atoms with van der Waals surface area (Å²) in [5.74, 6) is 0.777. The van der Waals surface area contributed by atoms with E-state index < -0.39 is 0 Å². The number of rotatable bonds is 6. The van der Waals surface area contributed by atoms with Gasteiger partial charge in [-0.3, -0.25) is 14.6 Å². The Morgan fingerprint density at radius 1 is 1.00 bits per heavy atom. The number of pyridine rings is 2. The van der Waals surface area contributed by atoms with Crippen molar-refractivity contribution in [2.24, 2.45) is 7.05 Å². The molecule has 4 aromatic rings. The molecular formula is C25H26N6. The van der Waals surface area contributed by atoms with Crippen LogP contribution in [0.25, 0.3) is 27.6 Å². The number of nitrogens with one attached hydrogen (secondary N) is 1. The molecule has 0 unspecified atom stereocenters. The Bertz CT molecular complexity index is 1240. The molecule has 5 rings (SSSR count). The number of benzene rings is 1. The Morgan fingerprint density at radius 3 is 2.68 bits per heavy atom. The highest BCUT2D eigenvalue weighted by Crippen LogP contribution is 2.26. The molecule has 4 heterocycles. The SMILES string of the molecule is C=C(Nc1cc2cc(-c3cnn(C)c3)ccc2cn1)c1ccnc(CN2CCCC2)c1. The van der Waals surface area contributed by atoms with Crippen LogP contribution in [0.3, 0.4) is 0 Å². The van der Waals surface area contributed by atoms with E-state index >= 15 is 0 Å². The van der Waals surface area contributed by atoms with Gasteiger partial charge in [-0.05, 0) is 61.1 Å². The minimum Gasteiger partial charge on any atom is -0.340 e. The van der Waals surface area contributed by atoms with Crippen molar-refractivity contribution < 1.29 is 0 Å². The fraction of sp³-hybridized carbons (Fsp3) is 0.240. The minimum absolute atomic E-state index is 0.777. The van der Waals surface area contributed by atoms with Gasteiger partial charge in [0.1, 0.15) is 5.82 Å². The summed E-state index contributed by atoms with van der Waals surface area (Å²) in [4.78, 5) is 11.6. The number of hydrogen-bond donors (Lipinski definition) is 1. The number of likely N-dealkylation sites (tertiary alicyclic amines) is 1. The van der Waals surface area contributed by atoms with E-state index in [1.54, 1.807) is 0 Å². The highest BCUT2D eigenvalue weighted by atomic mass is 15.2. The van der Waals surface area contributed by atoms with E-state index in [2.05, 4.69) is 62.2 Å². The van der Waals surface area contributed by atoms with E-state index in [0.717, 1.165) is 64.3 Å². The maximum absolute atomic E-state index is 4.57. The van der Waals surface area contributed by atoms with Crippen LogP contribution in [0.4, 0.5) is 5.82 Å². The fourth-order valence-corrected chi connectivity index (χ4v) is 4.11. The van der Waals surface area contributed by atoms with Crippen molar-refractivity contribution >= 4 is 22.3 Å². The van der Waals surface area contributed by atoms with Crippen molar-refractivity contribution in [3.8, 4) is 11.1 Å². The number of nitrogens with zero attached hydrogens (tertiary/aromatic N) is 5. The third kappa shape index (κ3) is 4.34. The van der Waals surface area contributed by atoms with E-state index in [1.807, 2.05) is 42.6 Å². The molecule has 6 heteroatoms. The van der Waals surface area contributed by atoms with Gasteiger partial charge < -0.3 is 5.32 Å². The molecule has 1 aliphatic heterocycles. The van der Waals surface area contributed by atoms with Gasteiger partial charge in [-0.1, -0.05) is 18.7 Å². The normalized spacial score (nSPS) is 14.2. The van der Waals surface area contributed by atoms with E-state index in [9.17, 15) is 0 Å². The molecule has 31 heavy (non-hydrogen) atoms. The number of aromatic nitrogens is 4. The van der Waals surface area contributed by atoms with E-state index in [-0.39, 0.29) is 0 Å². The Hall–Kier alpha value is -3.51. The van der Waals surface area contributed by atoms with Crippen molar-refractivity contribution in [2.75, 3.05) is 18.4 Å². The second-order valence-electron chi connectivity index (χ2n) is 8.16. The Kier molecular flexibility index (Phi) is 5.22. The number of hydrogen-bond acceptors (Lipinski definition) is 5. The first-order chi connectivity index (χ1) is 15.1. The number of aryl methyl sites for hydroxylation is 1.